The van der Waals surface area contributed by atoms with E-state index in [4.69, 9.17) is 5.41 Å². The van der Waals surface area contributed by atoms with Gasteiger partial charge in [0.05, 0.1) is 5.84 Å². The summed E-state index contributed by atoms with van der Waals surface area (Å²) >= 11 is 0. The van der Waals surface area contributed by atoms with E-state index in [1.807, 2.05) is 0 Å². The highest BCUT2D eigenvalue weighted by Crippen LogP contribution is 2.14. The molecule has 0 saturated carbocycles. The van der Waals surface area contributed by atoms with E-state index in [1.165, 1.54) is 12.8 Å². The van der Waals surface area contributed by atoms with Gasteiger partial charge >= 0.3 is 0 Å². The third-order valence-electron chi connectivity index (χ3n) is 2.11. The molecule has 0 aromatic rings. The lowest BCUT2D eigenvalue weighted by Crippen LogP contribution is -2.41. The van der Waals surface area contributed by atoms with E-state index in [2.05, 4.69) is 19.2 Å². The van der Waals surface area contributed by atoms with Crippen molar-refractivity contribution >= 4 is 5.84 Å². The third kappa shape index (κ3) is 1.72. The predicted octanol–water partition coefficient (Wildman–Crippen LogP) is 1.76. The zero-order chi connectivity index (χ0) is 7.56. The summed E-state index contributed by atoms with van der Waals surface area (Å²) in [7, 11) is 0. The van der Waals surface area contributed by atoms with Crippen molar-refractivity contribution in [2.24, 2.45) is 5.92 Å². The molecule has 0 amide bonds. The molecule has 1 atom stereocenters. The van der Waals surface area contributed by atoms with Crippen molar-refractivity contribution in [2.45, 2.75) is 39.2 Å². The highest BCUT2D eigenvalue weighted by Gasteiger charge is 2.17. The fourth-order valence-electron chi connectivity index (χ4n) is 1.37. The molecule has 1 aliphatic heterocycles. The standard InChI is InChI=1S/C8H16N2/c1-6(2)7-4-3-5-8(9)10-7/h6-7H,3-5H2,1-2H3,(H2,9,10). The number of rotatable bonds is 1. The van der Waals surface area contributed by atoms with Gasteiger partial charge in [-0.25, -0.2) is 0 Å². The Balaban J connectivity index is 2.39. The van der Waals surface area contributed by atoms with Crippen molar-refractivity contribution < 1.29 is 0 Å². The minimum Gasteiger partial charge on any atom is -0.371 e. The minimum atomic E-state index is 0.557. The first-order chi connectivity index (χ1) is 4.70. The Hall–Kier alpha value is -0.530. The van der Waals surface area contributed by atoms with Gasteiger partial charge in [-0.05, 0) is 18.8 Å². The molecule has 2 N–H and O–H groups in total. The topological polar surface area (TPSA) is 35.9 Å². The van der Waals surface area contributed by atoms with Gasteiger partial charge in [-0.3, -0.25) is 5.41 Å². The van der Waals surface area contributed by atoms with Crippen LogP contribution in [-0.4, -0.2) is 11.9 Å². The number of hydrogen-bond donors (Lipinski definition) is 2. The molecule has 1 saturated heterocycles. The molecule has 0 spiro atoms. The van der Waals surface area contributed by atoms with Crippen LogP contribution in [0.2, 0.25) is 0 Å². The molecule has 1 rings (SSSR count). The zero-order valence-electron chi connectivity index (χ0n) is 6.78. The summed E-state index contributed by atoms with van der Waals surface area (Å²) in [6.45, 7) is 4.41. The average Bonchev–Trinajstić information content (AvgIpc) is 1.88. The Labute approximate surface area is 62.5 Å². The van der Waals surface area contributed by atoms with Crippen LogP contribution in [0.4, 0.5) is 0 Å². The predicted molar refractivity (Wildman–Crippen MR) is 43.3 cm³/mol. The summed E-state index contributed by atoms with van der Waals surface area (Å²) in [6.07, 6.45) is 3.37. The fraction of sp³-hybridized carbons (Fsp3) is 0.875. The summed E-state index contributed by atoms with van der Waals surface area (Å²) in [6, 6.07) is 0.557. The molecule has 2 nitrogen and oxygen atoms in total. The van der Waals surface area contributed by atoms with E-state index < -0.39 is 0 Å². The first-order valence-electron chi connectivity index (χ1n) is 4.04. The van der Waals surface area contributed by atoms with Crippen LogP contribution >= 0.6 is 0 Å². The van der Waals surface area contributed by atoms with Crippen molar-refractivity contribution in [1.82, 2.24) is 5.32 Å². The molecule has 0 aromatic carbocycles. The monoisotopic (exact) mass is 140 g/mol. The van der Waals surface area contributed by atoms with Gasteiger partial charge < -0.3 is 5.32 Å². The Bertz CT molecular complexity index is 129. The first kappa shape index (κ1) is 7.58. The lowest BCUT2D eigenvalue weighted by Gasteiger charge is -2.27. The van der Waals surface area contributed by atoms with Crippen molar-refractivity contribution in [3.63, 3.8) is 0 Å². The van der Waals surface area contributed by atoms with Crippen LogP contribution in [-0.2, 0) is 0 Å². The van der Waals surface area contributed by atoms with Gasteiger partial charge in [0.25, 0.3) is 0 Å². The SMILES string of the molecule is CC(C)C1CCCC(=N)N1. The van der Waals surface area contributed by atoms with Crippen LogP contribution in [0.15, 0.2) is 0 Å². The number of nitrogens with one attached hydrogen (secondary N) is 2. The molecule has 1 heterocycles. The summed E-state index contributed by atoms with van der Waals surface area (Å²) < 4.78 is 0. The van der Waals surface area contributed by atoms with E-state index in [0.29, 0.717) is 12.0 Å². The Kier molecular flexibility index (Phi) is 2.30. The summed E-state index contributed by atoms with van der Waals surface area (Å²) in [5.74, 6) is 1.39. The normalized spacial score (nSPS) is 26.7. The molecule has 0 aromatic heterocycles. The van der Waals surface area contributed by atoms with Gasteiger partial charge in [-0.15, -0.1) is 0 Å². The highest BCUT2D eigenvalue weighted by molar-refractivity contribution is 5.79. The second kappa shape index (κ2) is 3.04. The van der Waals surface area contributed by atoms with Crippen molar-refractivity contribution in [1.29, 1.82) is 5.41 Å². The molecular formula is C8H16N2. The second-order valence-corrected chi connectivity index (χ2v) is 3.37. The molecule has 0 aliphatic carbocycles. The number of piperidine rings is 1. The van der Waals surface area contributed by atoms with E-state index in [9.17, 15) is 0 Å². The summed E-state index contributed by atoms with van der Waals surface area (Å²) in [5.41, 5.74) is 0. The molecule has 58 valence electrons. The van der Waals surface area contributed by atoms with Gasteiger partial charge in [0.15, 0.2) is 0 Å². The van der Waals surface area contributed by atoms with Gasteiger partial charge in [-0.1, -0.05) is 13.8 Å². The average molecular weight is 140 g/mol. The third-order valence-corrected chi connectivity index (χ3v) is 2.11. The van der Waals surface area contributed by atoms with Crippen LogP contribution in [0.3, 0.4) is 0 Å². The van der Waals surface area contributed by atoms with Crippen LogP contribution in [0, 0.1) is 11.3 Å². The van der Waals surface area contributed by atoms with Gasteiger partial charge in [-0.2, -0.15) is 0 Å². The van der Waals surface area contributed by atoms with Crippen molar-refractivity contribution in [2.75, 3.05) is 0 Å². The van der Waals surface area contributed by atoms with Gasteiger partial charge in [0.1, 0.15) is 0 Å². The van der Waals surface area contributed by atoms with Crippen LogP contribution < -0.4 is 5.32 Å². The van der Waals surface area contributed by atoms with E-state index in [0.717, 1.165) is 12.3 Å². The number of hydrogen-bond acceptors (Lipinski definition) is 1. The molecule has 10 heavy (non-hydrogen) atoms. The molecule has 2 heteroatoms. The van der Waals surface area contributed by atoms with Crippen LogP contribution in [0.1, 0.15) is 33.1 Å². The zero-order valence-corrected chi connectivity index (χ0v) is 6.78. The van der Waals surface area contributed by atoms with Gasteiger partial charge in [0.2, 0.25) is 0 Å². The van der Waals surface area contributed by atoms with Gasteiger partial charge in [0, 0.05) is 12.5 Å². The Morgan fingerprint density at radius 1 is 1.60 bits per heavy atom. The first-order valence-corrected chi connectivity index (χ1v) is 4.04. The maximum Gasteiger partial charge on any atom is 0.0933 e. The largest absolute Gasteiger partial charge is 0.371 e. The van der Waals surface area contributed by atoms with Crippen molar-refractivity contribution in [3.05, 3.63) is 0 Å². The second-order valence-electron chi connectivity index (χ2n) is 3.37. The summed E-state index contributed by atoms with van der Waals surface area (Å²) in [4.78, 5) is 0. The fourth-order valence-corrected chi connectivity index (χ4v) is 1.37. The maximum atomic E-state index is 7.40. The highest BCUT2D eigenvalue weighted by atomic mass is 15.0. The van der Waals surface area contributed by atoms with Crippen molar-refractivity contribution in [3.8, 4) is 0 Å². The lowest BCUT2D eigenvalue weighted by atomic mass is 9.95. The van der Waals surface area contributed by atoms with Crippen LogP contribution in [0.25, 0.3) is 0 Å². The molecule has 1 fully saturated rings. The molecule has 0 radical (unpaired) electrons. The van der Waals surface area contributed by atoms with E-state index in [1.54, 1.807) is 0 Å². The number of amidine groups is 1. The Morgan fingerprint density at radius 2 is 2.30 bits per heavy atom. The van der Waals surface area contributed by atoms with E-state index in [-0.39, 0.29) is 0 Å². The molecular weight excluding hydrogens is 124 g/mol. The van der Waals surface area contributed by atoms with Crippen LogP contribution in [0.5, 0.6) is 0 Å². The lowest BCUT2D eigenvalue weighted by molar-refractivity contribution is 0.395. The molecule has 0 bridgehead atoms. The molecule has 1 aliphatic rings. The minimum absolute atomic E-state index is 0.557. The van der Waals surface area contributed by atoms with E-state index >= 15 is 0 Å². The smallest absolute Gasteiger partial charge is 0.0933 e. The maximum absolute atomic E-state index is 7.40. The molecule has 1 unspecified atom stereocenters. The quantitative estimate of drug-likeness (QED) is 0.572. The Morgan fingerprint density at radius 3 is 2.70 bits per heavy atom. The summed E-state index contributed by atoms with van der Waals surface area (Å²) in [5, 5.41) is 10.6.